The number of ether oxygens (including phenoxy) is 1. The molecule has 2 aromatic rings. The monoisotopic (exact) mass is 275 g/mol. The first-order valence-corrected chi connectivity index (χ1v) is 6.78. The van der Waals surface area contributed by atoms with Gasteiger partial charge in [0.1, 0.15) is 5.75 Å². The largest absolute Gasteiger partial charge is 0.497 e. The van der Waals surface area contributed by atoms with E-state index in [1.54, 1.807) is 7.11 Å². The highest BCUT2D eigenvalue weighted by Gasteiger charge is 2.16. The van der Waals surface area contributed by atoms with Crippen molar-refractivity contribution >= 4 is 0 Å². The van der Waals surface area contributed by atoms with Gasteiger partial charge < -0.3 is 14.6 Å². The van der Waals surface area contributed by atoms with E-state index in [0.29, 0.717) is 23.7 Å². The fourth-order valence-electron chi connectivity index (χ4n) is 2.08. The average molecular weight is 275 g/mol. The summed E-state index contributed by atoms with van der Waals surface area (Å²) >= 11 is 0. The van der Waals surface area contributed by atoms with Crippen molar-refractivity contribution in [2.75, 3.05) is 14.2 Å². The molecule has 0 saturated heterocycles. The fraction of sp³-hybridized carbons (Fsp3) is 0.467. The Hall–Kier alpha value is -1.88. The van der Waals surface area contributed by atoms with Gasteiger partial charge in [0.25, 0.3) is 0 Å². The number of likely N-dealkylation sites (N-methyl/N-ethyl adjacent to an activating group) is 1. The van der Waals surface area contributed by atoms with Crippen LogP contribution in [0.25, 0.3) is 11.4 Å². The van der Waals surface area contributed by atoms with Gasteiger partial charge in [0.05, 0.1) is 7.11 Å². The van der Waals surface area contributed by atoms with E-state index in [9.17, 15) is 0 Å². The van der Waals surface area contributed by atoms with Gasteiger partial charge in [-0.15, -0.1) is 0 Å². The van der Waals surface area contributed by atoms with Crippen LogP contribution in [-0.4, -0.2) is 30.3 Å². The second kappa shape index (κ2) is 6.52. The third-order valence-electron chi connectivity index (χ3n) is 3.37. The molecule has 0 aliphatic rings. The number of hydrogen-bond donors (Lipinski definition) is 1. The van der Waals surface area contributed by atoms with Crippen LogP contribution in [0.3, 0.4) is 0 Å². The summed E-state index contributed by atoms with van der Waals surface area (Å²) in [6.45, 7) is 4.33. The van der Waals surface area contributed by atoms with E-state index >= 15 is 0 Å². The molecule has 0 amide bonds. The normalized spacial score (nSPS) is 12.7. The van der Waals surface area contributed by atoms with Crippen molar-refractivity contribution in [2.45, 2.75) is 26.3 Å². The van der Waals surface area contributed by atoms with Gasteiger partial charge in [-0.25, -0.2) is 0 Å². The van der Waals surface area contributed by atoms with E-state index in [2.05, 4.69) is 29.3 Å². The van der Waals surface area contributed by atoms with Crippen molar-refractivity contribution in [3.63, 3.8) is 0 Å². The highest BCUT2D eigenvalue weighted by atomic mass is 16.5. The third-order valence-corrected chi connectivity index (χ3v) is 3.37. The molecule has 1 heterocycles. The number of benzene rings is 1. The van der Waals surface area contributed by atoms with Crippen LogP contribution in [0.2, 0.25) is 0 Å². The molecule has 1 N–H and O–H groups in total. The minimum absolute atomic E-state index is 0.327. The van der Waals surface area contributed by atoms with E-state index < -0.39 is 0 Å². The zero-order valence-corrected chi connectivity index (χ0v) is 12.4. The number of rotatable bonds is 6. The van der Waals surface area contributed by atoms with Gasteiger partial charge in [-0.1, -0.05) is 31.1 Å². The Morgan fingerprint density at radius 3 is 2.80 bits per heavy atom. The van der Waals surface area contributed by atoms with Crippen LogP contribution in [-0.2, 0) is 6.42 Å². The predicted octanol–water partition coefficient (Wildman–Crippen LogP) is 2.53. The second-order valence-corrected chi connectivity index (χ2v) is 5.09. The Labute approximate surface area is 119 Å². The molecule has 0 spiro atoms. The van der Waals surface area contributed by atoms with Crippen molar-refractivity contribution in [3.05, 3.63) is 30.2 Å². The van der Waals surface area contributed by atoms with Gasteiger partial charge in [0.15, 0.2) is 0 Å². The molecular formula is C15H21N3O2. The Balaban J connectivity index is 2.15. The molecule has 0 aliphatic heterocycles. The van der Waals surface area contributed by atoms with Crippen molar-refractivity contribution in [1.29, 1.82) is 0 Å². The zero-order valence-electron chi connectivity index (χ0n) is 12.4. The quantitative estimate of drug-likeness (QED) is 0.878. The van der Waals surface area contributed by atoms with Crippen LogP contribution in [0, 0.1) is 5.92 Å². The van der Waals surface area contributed by atoms with Crippen LogP contribution < -0.4 is 10.1 Å². The first kappa shape index (κ1) is 14.5. The molecule has 1 unspecified atom stereocenters. The standard InChI is InChI=1S/C15H21N3O2/c1-10(2)13(16-3)9-14-17-15(18-20-14)11-6-5-7-12(8-11)19-4/h5-8,10,13,16H,9H2,1-4H3. The molecule has 1 atom stereocenters. The summed E-state index contributed by atoms with van der Waals surface area (Å²) in [6.07, 6.45) is 0.727. The van der Waals surface area contributed by atoms with Gasteiger partial charge in [-0.05, 0) is 25.1 Å². The highest BCUT2D eigenvalue weighted by Crippen LogP contribution is 2.21. The lowest BCUT2D eigenvalue weighted by atomic mass is 10.0. The number of hydrogen-bond acceptors (Lipinski definition) is 5. The molecule has 5 heteroatoms. The lowest BCUT2D eigenvalue weighted by Gasteiger charge is -2.17. The fourth-order valence-corrected chi connectivity index (χ4v) is 2.08. The summed E-state index contributed by atoms with van der Waals surface area (Å²) in [5, 5.41) is 7.31. The zero-order chi connectivity index (χ0) is 14.5. The molecule has 0 fully saturated rings. The van der Waals surface area contributed by atoms with Gasteiger partial charge in [0, 0.05) is 18.0 Å². The van der Waals surface area contributed by atoms with Gasteiger partial charge >= 0.3 is 0 Å². The van der Waals surface area contributed by atoms with E-state index in [4.69, 9.17) is 9.26 Å². The lowest BCUT2D eigenvalue weighted by Crippen LogP contribution is -2.32. The summed E-state index contributed by atoms with van der Waals surface area (Å²) in [5.74, 6) is 2.53. The topological polar surface area (TPSA) is 60.2 Å². The van der Waals surface area contributed by atoms with Gasteiger partial charge in [-0.2, -0.15) is 4.98 Å². The first-order chi connectivity index (χ1) is 9.63. The smallest absolute Gasteiger partial charge is 0.228 e. The van der Waals surface area contributed by atoms with E-state index in [1.807, 2.05) is 31.3 Å². The van der Waals surface area contributed by atoms with Crippen LogP contribution in [0.1, 0.15) is 19.7 Å². The molecule has 0 saturated carbocycles. The van der Waals surface area contributed by atoms with Gasteiger partial charge in [-0.3, -0.25) is 0 Å². The van der Waals surface area contributed by atoms with Crippen molar-refractivity contribution in [1.82, 2.24) is 15.5 Å². The highest BCUT2D eigenvalue weighted by molar-refractivity contribution is 5.56. The Morgan fingerprint density at radius 1 is 1.35 bits per heavy atom. The summed E-state index contributed by atoms with van der Waals surface area (Å²) in [4.78, 5) is 4.45. The van der Waals surface area contributed by atoms with E-state index in [1.165, 1.54) is 0 Å². The summed E-state index contributed by atoms with van der Waals surface area (Å²) < 4.78 is 10.5. The SMILES string of the molecule is CNC(Cc1nc(-c2cccc(OC)c2)no1)C(C)C. The molecular weight excluding hydrogens is 254 g/mol. The molecule has 108 valence electrons. The number of methoxy groups -OCH3 is 1. The van der Waals surface area contributed by atoms with Gasteiger partial charge in [0.2, 0.25) is 11.7 Å². The molecule has 0 aliphatic carbocycles. The summed E-state index contributed by atoms with van der Waals surface area (Å²) in [6, 6.07) is 7.96. The molecule has 0 radical (unpaired) electrons. The Kier molecular flexibility index (Phi) is 4.74. The second-order valence-electron chi connectivity index (χ2n) is 5.09. The molecule has 2 rings (SSSR count). The lowest BCUT2D eigenvalue weighted by molar-refractivity contribution is 0.335. The first-order valence-electron chi connectivity index (χ1n) is 6.78. The summed E-state index contributed by atoms with van der Waals surface area (Å²) in [7, 11) is 3.59. The minimum Gasteiger partial charge on any atom is -0.497 e. The molecule has 20 heavy (non-hydrogen) atoms. The van der Waals surface area contributed by atoms with Crippen LogP contribution in [0.15, 0.2) is 28.8 Å². The maximum atomic E-state index is 5.33. The van der Waals surface area contributed by atoms with Crippen molar-refractivity contribution < 1.29 is 9.26 Å². The molecule has 5 nitrogen and oxygen atoms in total. The minimum atomic E-state index is 0.327. The van der Waals surface area contributed by atoms with Crippen LogP contribution in [0.5, 0.6) is 5.75 Å². The maximum Gasteiger partial charge on any atom is 0.228 e. The maximum absolute atomic E-state index is 5.33. The molecule has 1 aromatic carbocycles. The number of nitrogens with zero attached hydrogens (tertiary/aromatic N) is 2. The Morgan fingerprint density at radius 2 is 2.15 bits per heavy atom. The third kappa shape index (κ3) is 3.36. The number of aromatic nitrogens is 2. The van der Waals surface area contributed by atoms with Crippen LogP contribution >= 0.6 is 0 Å². The molecule has 1 aromatic heterocycles. The molecule has 0 bridgehead atoms. The predicted molar refractivity (Wildman–Crippen MR) is 77.7 cm³/mol. The summed E-state index contributed by atoms with van der Waals surface area (Å²) in [5.41, 5.74) is 0.893. The number of nitrogens with one attached hydrogen (secondary N) is 1. The van der Waals surface area contributed by atoms with Crippen molar-refractivity contribution in [2.24, 2.45) is 5.92 Å². The van der Waals surface area contributed by atoms with Crippen LogP contribution in [0.4, 0.5) is 0 Å². The Bertz CT molecular complexity index is 552. The van der Waals surface area contributed by atoms with E-state index in [-0.39, 0.29) is 0 Å². The average Bonchev–Trinajstić information content (AvgIpc) is 2.93. The van der Waals surface area contributed by atoms with E-state index in [0.717, 1.165) is 17.7 Å². The van der Waals surface area contributed by atoms with Crippen molar-refractivity contribution in [3.8, 4) is 17.1 Å².